The van der Waals surface area contributed by atoms with Gasteiger partial charge in [-0.15, -0.1) is 0 Å². The van der Waals surface area contributed by atoms with E-state index < -0.39 is 0 Å². The Bertz CT molecular complexity index is 456. The van der Waals surface area contributed by atoms with Gasteiger partial charge in [0, 0.05) is 25.8 Å². The van der Waals surface area contributed by atoms with Gasteiger partial charge in [-0.05, 0) is 49.8 Å². The van der Waals surface area contributed by atoms with Crippen molar-refractivity contribution < 1.29 is 4.79 Å². The van der Waals surface area contributed by atoms with E-state index in [1.165, 1.54) is 12.0 Å². The minimum atomic E-state index is 0.165. The molecule has 2 rings (SSSR count). The Morgan fingerprint density at radius 2 is 2.11 bits per heavy atom. The minimum absolute atomic E-state index is 0.165. The molecule has 1 heterocycles. The van der Waals surface area contributed by atoms with Crippen LogP contribution in [0.15, 0.2) is 18.2 Å². The average Bonchev–Trinajstić information content (AvgIpc) is 2.62. The van der Waals surface area contributed by atoms with Gasteiger partial charge in [-0.1, -0.05) is 13.0 Å². The molecule has 0 spiro atoms. The van der Waals surface area contributed by atoms with E-state index in [2.05, 4.69) is 12.2 Å². The summed E-state index contributed by atoms with van der Waals surface area (Å²) in [6, 6.07) is 5.99. The van der Waals surface area contributed by atoms with Crippen molar-refractivity contribution in [2.75, 3.05) is 25.5 Å². The molecule has 1 aliphatic heterocycles. The maximum atomic E-state index is 12.6. The third kappa shape index (κ3) is 3.28. The Morgan fingerprint density at radius 3 is 2.84 bits per heavy atom. The van der Waals surface area contributed by atoms with Crippen LogP contribution in [-0.2, 0) is 0 Å². The van der Waals surface area contributed by atoms with Crippen LogP contribution in [0, 0.1) is 12.8 Å². The van der Waals surface area contributed by atoms with Crippen molar-refractivity contribution in [3.8, 4) is 0 Å². The monoisotopic (exact) mass is 260 g/mol. The van der Waals surface area contributed by atoms with Crippen molar-refractivity contribution in [3.05, 3.63) is 29.3 Å². The first-order chi connectivity index (χ1) is 9.11. The second-order valence-corrected chi connectivity index (χ2v) is 5.63. The number of rotatable bonds is 2. The molecular formula is C16H24N2O. The highest BCUT2D eigenvalue weighted by Crippen LogP contribution is 2.22. The smallest absolute Gasteiger partial charge is 0.255 e. The van der Waals surface area contributed by atoms with Crippen molar-refractivity contribution >= 4 is 11.6 Å². The van der Waals surface area contributed by atoms with Crippen molar-refractivity contribution in [1.82, 2.24) is 4.90 Å². The van der Waals surface area contributed by atoms with E-state index in [4.69, 9.17) is 0 Å². The van der Waals surface area contributed by atoms with E-state index in [1.807, 2.05) is 37.1 Å². The van der Waals surface area contributed by atoms with Crippen LogP contribution in [0.25, 0.3) is 0 Å². The van der Waals surface area contributed by atoms with Crippen LogP contribution >= 0.6 is 0 Å². The van der Waals surface area contributed by atoms with Gasteiger partial charge in [0.25, 0.3) is 5.91 Å². The van der Waals surface area contributed by atoms with E-state index in [-0.39, 0.29) is 5.91 Å². The minimum Gasteiger partial charge on any atom is -0.387 e. The Balaban J connectivity index is 2.19. The lowest BCUT2D eigenvalue weighted by Gasteiger charge is -2.22. The summed E-state index contributed by atoms with van der Waals surface area (Å²) in [7, 11) is 1.87. The number of nitrogens with zero attached hydrogens (tertiary/aromatic N) is 1. The third-order valence-electron chi connectivity index (χ3n) is 3.98. The maximum Gasteiger partial charge on any atom is 0.255 e. The Labute approximate surface area is 116 Å². The zero-order valence-electron chi connectivity index (χ0n) is 12.2. The molecule has 0 radical (unpaired) electrons. The van der Waals surface area contributed by atoms with Crippen LogP contribution in [0.3, 0.4) is 0 Å². The number of aryl methyl sites for hydroxylation is 1. The van der Waals surface area contributed by atoms with E-state index in [0.29, 0.717) is 0 Å². The fourth-order valence-electron chi connectivity index (χ4n) is 2.69. The van der Waals surface area contributed by atoms with Gasteiger partial charge in [0.2, 0.25) is 0 Å². The number of nitrogens with one attached hydrogen (secondary N) is 1. The van der Waals surface area contributed by atoms with Crippen LogP contribution in [0.1, 0.15) is 42.1 Å². The molecule has 1 fully saturated rings. The standard InChI is InChI=1S/C16H24N2O/c1-12-5-4-9-18(10-8-12)16(19)14-7-6-13(2)11-15(14)17-3/h6-7,11-12,17H,4-5,8-10H2,1-3H3. The predicted molar refractivity (Wildman–Crippen MR) is 79.6 cm³/mol. The van der Waals surface area contributed by atoms with Gasteiger partial charge in [-0.2, -0.15) is 0 Å². The van der Waals surface area contributed by atoms with Gasteiger partial charge in [0.15, 0.2) is 0 Å². The van der Waals surface area contributed by atoms with Gasteiger partial charge in [-0.3, -0.25) is 4.79 Å². The Hall–Kier alpha value is -1.51. The fraction of sp³-hybridized carbons (Fsp3) is 0.562. The average molecular weight is 260 g/mol. The summed E-state index contributed by atoms with van der Waals surface area (Å²) in [6.07, 6.45) is 3.47. The van der Waals surface area contributed by atoms with Gasteiger partial charge in [0.05, 0.1) is 5.56 Å². The predicted octanol–water partition coefficient (Wildman–Crippen LogP) is 3.30. The highest BCUT2D eigenvalue weighted by Gasteiger charge is 2.21. The molecular weight excluding hydrogens is 236 g/mol. The molecule has 1 N–H and O–H groups in total. The summed E-state index contributed by atoms with van der Waals surface area (Å²) in [4.78, 5) is 14.6. The largest absolute Gasteiger partial charge is 0.387 e. The van der Waals surface area contributed by atoms with E-state index in [0.717, 1.165) is 43.1 Å². The van der Waals surface area contributed by atoms with Crippen LogP contribution in [-0.4, -0.2) is 30.9 Å². The summed E-state index contributed by atoms with van der Waals surface area (Å²) in [6.45, 7) is 6.10. The number of benzene rings is 1. The van der Waals surface area contributed by atoms with Crippen molar-refractivity contribution in [2.24, 2.45) is 5.92 Å². The van der Waals surface area contributed by atoms with Gasteiger partial charge in [-0.25, -0.2) is 0 Å². The molecule has 104 valence electrons. The van der Waals surface area contributed by atoms with Crippen molar-refractivity contribution in [2.45, 2.75) is 33.1 Å². The Morgan fingerprint density at radius 1 is 1.32 bits per heavy atom. The summed E-state index contributed by atoms with van der Waals surface area (Å²) < 4.78 is 0. The topological polar surface area (TPSA) is 32.3 Å². The van der Waals surface area contributed by atoms with Crippen LogP contribution in [0.4, 0.5) is 5.69 Å². The van der Waals surface area contributed by atoms with Crippen LogP contribution in [0.2, 0.25) is 0 Å². The number of anilines is 1. The van der Waals surface area contributed by atoms with Crippen molar-refractivity contribution in [3.63, 3.8) is 0 Å². The number of hydrogen-bond donors (Lipinski definition) is 1. The number of carbonyl (C=O) groups is 1. The quantitative estimate of drug-likeness (QED) is 0.885. The lowest BCUT2D eigenvalue weighted by Crippen LogP contribution is -2.32. The molecule has 1 unspecified atom stereocenters. The highest BCUT2D eigenvalue weighted by molar-refractivity contribution is 5.99. The van der Waals surface area contributed by atoms with Crippen molar-refractivity contribution in [1.29, 1.82) is 0 Å². The molecule has 3 nitrogen and oxygen atoms in total. The molecule has 0 saturated carbocycles. The molecule has 19 heavy (non-hydrogen) atoms. The zero-order valence-corrected chi connectivity index (χ0v) is 12.2. The first-order valence-corrected chi connectivity index (χ1v) is 7.19. The first kappa shape index (κ1) is 13.9. The van der Waals surface area contributed by atoms with Gasteiger partial charge < -0.3 is 10.2 Å². The SMILES string of the molecule is CNc1cc(C)ccc1C(=O)N1CCCC(C)CC1. The van der Waals surface area contributed by atoms with Gasteiger partial charge >= 0.3 is 0 Å². The lowest BCUT2D eigenvalue weighted by atomic mass is 10.0. The second kappa shape index (κ2) is 6.09. The van der Waals surface area contributed by atoms with E-state index in [9.17, 15) is 4.79 Å². The highest BCUT2D eigenvalue weighted by atomic mass is 16.2. The number of amides is 1. The zero-order chi connectivity index (χ0) is 13.8. The van der Waals surface area contributed by atoms with Gasteiger partial charge in [0.1, 0.15) is 0 Å². The Kier molecular flexibility index (Phi) is 4.46. The fourth-order valence-corrected chi connectivity index (χ4v) is 2.69. The molecule has 0 aliphatic carbocycles. The summed E-state index contributed by atoms with van der Waals surface area (Å²) >= 11 is 0. The van der Waals surface area contributed by atoms with E-state index >= 15 is 0 Å². The molecule has 1 saturated heterocycles. The molecule has 3 heteroatoms. The van der Waals surface area contributed by atoms with E-state index in [1.54, 1.807) is 0 Å². The summed E-state index contributed by atoms with van der Waals surface area (Å²) in [5.41, 5.74) is 2.90. The lowest BCUT2D eigenvalue weighted by molar-refractivity contribution is 0.0761. The summed E-state index contributed by atoms with van der Waals surface area (Å²) in [5.74, 6) is 0.901. The second-order valence-electron chi connectivity index (χ2n) is 5.63. The number of hydrogen-bond acceptors (Lipinski definition) is 2. The molecule has 1 aromatic carbocycles. The third-order valence-corrected chi connectivity index (χ3v) is 3.98. The van der Waals surface area contributed by atoms with Crippen LogP contribution in [0.5, 0.6) is 0 Å². The number of likely N-dealkylation sites (tertiary alicyclic amines) is 1. The number of carbonyl (C=O) groups excluding carboxylic acids is 1. The molecule has 1 amide bonds. The molecule has 1 aromatic rings. The molecule has 0 aromatic heterocycles. The maximum absolute atomic E-state index is 12.6. The molecule has 0 bridgehead atoms. The summed E-state index contributed by atoms with van der Waals surface area (Å²) in [5, 5.41) is 3.13. The normalized spacial score (nSPS) is 19.9. The first-order valence-electron chi connectivity index (χ1n) is 7.19. The molecule has 1 aliphatic rings. The van der Waals surface area contributed by atoms with Crippen LogP contribution < -0.4 is 5.32 Å². The molecule has 1 atom stereocenters.